The number of carbonyl (C=O) groups is 3. The molecule has 1 saturated carbocycles. The molecule has 1 fully saturated rings. The number of alkyl carbamates (subject to hydrolysis) is 1. The zero-order chi connectivity index (χ0) is 24.4. The highest BCUT2D eigenvalue weighted by atomic mass is 19.1. The number of carbonyl (C=O) groups excluding carboxylic acids is 3. The van der Waals surface area contributed by atoms with Crippen LogP contribution in [0.15, 0.2) is 18.2 Å². The van der Waals surface area contributed by atoms with Crippen LogP contribution in [0.25, 0.3) is 0 Å². The molecule has 184 valence electrons. The van der Waals surface area contributed by atoms with Crippen LogP contribution in [0.3, 0.4) is 0 Å². The lowest BCUT2D eigenvalue weighted by atomic mass is 10.0. The van der Waals surface area contributed by atoms with E-state index in [1.54, 1.807) is 20.8 Å². The highest BCUT2D eigenvalue weighted by Crippen LogP contribution is 2.25. The van der Waals surface area contributed by atoms with Crippen LogP contribution in [0.4, 0.5) is 13.6 Å². The largest absolute Gasteiger partial charge is 0.480 e. The minimum absolute atomic E-state index is 0.126. The maximum absolute atomic E-state index is 13.8. The molecule has 1 aliphatic carbocycles. The third-order valence-corrected chi connectivity index (χ3v) is 5.30. The van der Waals surface area contributed by atoms with Gasteiger partial charge >= 0.3 is 6.09 Å². The first-order valence-corrected chi connectivity index (χ1v) is 11.4. The van der Waals surface area contributed by atoms with Crippen molar-refractivity contribution >= 4 is 17.8 Å². The van der Waals surface area contributed by atoms with Gasteiger partial charge in [0, 0.05) is 12.5 Å². The Hall–Kier alpha value is -2.71. The number of hydrogen-bond donors (Lipinski definition) is 2. The molecule has 0 saturated heterocycles. The molecule has 1 aliphatic rings. The average Bonchev–Trinajstić information content (AvgIpc) is 3.25. The van der Waals surface area contributed by atoms with Gasteiger partial charge in [0.2, 0.25) is 5.91 Å². The van der Waals surface area contributed by atoms with Crippen molar-refractivity contribution in [3.8, 4) is 5.75 Å². The summed E-state index contributed by atoms with van der Waals surface area (Å²) in [4.78, 5) is 37.0. The Morgan fingerprint density at radius 2 is 1.73 bits per heavy atom. The summed E-state index contributed by atoms with van der Waals surface area (Å²) in [5, 5.41) is 5.43. The number of para-hydroxylation sites is 1. The lowest BCUT2D eigenvalue weighted by molar-refractivity contribution is -0.131. The molecular weight excluding hydrogens is 434 g/mol. The fourth-order valence-corrected chi connectivity index (χ4v) is 3.63. The van der Waals surface area contributed by atoms with Crippen LogP contribution in [0, 0.1) is 17.6 Å². The van der Waals surface area contributed by atoms with E-state index in [2.05, 4.69) is 10.6 Å². The zero-order valence-corrected chi connectivity index (χ0v) is 19.5. The Labute approximate surface area is 193 Å². The van der Waals surface area contributed by atoms with Crippen molar-refractivity contribution in [2.75, 3.05) is 13.2 Å². The molecule has 7 nitrogen and oxygen atoms in total. The number of ketones is 1. The van der Waals surface area contributed by atoms with Crippen LogP contribution >= 0.6 is 0 Å². The summed E-state index contributed by atoms with van der Waals surface area (Å²) in [6.45, 7) is 5.09. The maximum Gasteiger partial charge on any atom is 0.407 e. The standard InChI is InChI=1S/C24H34F2N2O5/c1-24(2,3)33-23(31)27-14-7-6-13-19(28-22(30)16-9-4-5-10-16)20(29)15-32-21-17(25)11-8-12-18(21)26/h8,11-12,16,19H,4-7,9-10,13-15H2,1-3H3,(H,27,31)(H,28,30). The zero-order valence-electron chi connectivity index (χ0n) is 19.5. The van der Waals surface area contributed by atoms with Gasteiger partial charge in [-0.25, -0.2) is 13.6 Å². The van der Waals surface area contributed by atoms with Gasteiger partial charge in [-0.1, -0.05) is 18.9 Å². The summed E-state index contributed by atoms with van der Waals surface area (Å²) in [6.07, 6.45) is 4.40. The third kappa shape index (κ3) is 9.35. The smallest absolute Gasteiger partial charge is 0.407 e. The summed E-state index contributed by atoms with van der Waals surface area (Å²) in [6, 6.07) is 2.45. The number of Topliss-reactive ketones (excluding diaryl/α,β-unsaturated/α-hetero) is 1. The van der Waals surface area contributed by atoms with Crippen molar-refractivity contribution < 1.29 is 32.6 Å². The molecule has 33 heavy (non-hydrogen) atoms. The predicted molar refractivity (Wildman–Crippen MR) is 119 cm³/mol. The molecule has 1 aromatic rings. The highest BCUT2D eigenvalue weighted by molar-refractivity contribution is 5.90. The molecule has 1 atom stereocenters. The van der Waals surface area contributed by atoms with E-state index < -0.39 is 47.5 Å². The van der Waals surface area contributed by atoms with E-state index in [-0.39, 0.29) is 11.8 Å². The van der Waals surface area contributed by atoms with E-state index in [1.165, 1.54) is 6.07 Å². The molecule has 1 aromatic carbocycles. The van der Waals surface area contributed by atoms with Crippen LogP contribution in [0.2, 0.25) is 0 Å². The van der Waals surface area contributed by atoms with Gasteiger partial charge < -0.3 is 20.1 Å². The normalized spacial score (nSPS) is 15.1. The molecule has 0 aromatic heterocycles. The molecule has 0 spiro atoms. The molecular formula is C24H34F2N2O5. The van der Waals surface area contributed by atoms with Crippen molar-refractivity contribution in [3.63, 3.8) is 0 Å². The Morgan fingerprint density at radius 3 is 2.33 bits per heavy atom. The second kappa shape index (κ2) is 12.5. The van der Waals surface area contributed by atoms with Crippen LogP contribution in [-0.2, 0) is 14.3 Å². The van der Waals surface area contributed by atoms with E-state index in [0.29, 0.717) is 25.8 Å². The van der Waals surface area contributed by atoms with Gasteiger partial charge in [-0.3, -0.25) is 9.59 Å². The van der Waals surface area contributed by atoms with Crippen molar-refractivity contribution in [1.82, 2.24) is 10.6 Å². The Balaban J connectivity index is 1.88. The lowest BCUT2D eigenvalue weighted by Crippen LogP contribution is -2.45. The minimum Gasteiger partial charge on any atom is -0.480 e. The Kier molecular flexibility index (Phi) is 10.1. The number of halogens is 2. The minimum atomic E-state index is -0.900. The number of nitrogens with one attached hydrogen (secondary N) is 2. The molecule has 0 aliphatic heterocycles. The first kappa shape index (κ1) is 26.5. The topological polar surface area (TPSA) is 93.7 Å². The van der Waals surface area contributed by atoms with Crippen molar-refractivity contribution in [2.45, 2.75) is 77.4 Å². The van der Waals surface area contributed by atoms with E-state index in [1.807, 2.05) is 0 Å². The van der Waals surface area contributed by atoms with Crippen LogP contribution in [0.1, 0.15) is 65.7 Å². The second-order valence-electron chi connectivity index (χ2n) is 9.27. The predicted octanol–water partition coefficient (Wildman–Crippen LogP) is 4.28. The molecule has 1 unspecified atom stereocenters. The molecule has 0 radical (unpaired) electrons. The number of rotatable bonds is 11. The van der Waals surface area contributed by atoms with Gasteiger partial charge in [0.25, 0.3) is 0 Å². The summed E-state index contributed by atoms with van der Waals surface area (Å²) < 4.78 is 37.8. The van der Waals surface area contributed by atoms with Crippen LogP contribution in [0.5, 0.6) is 5.75 Å². The molecule has 0 heterocycles. The van der Waals surface area contributed by atoms with E-state index >= 15 is 0 Å². The lowest BCUT2D eigenvalue weighted by Gasteiger charge is -2.21. The fraction of sp³-hybridized carbons (Fsp3) is 0.625. The summed E-state index contributed by atoms with van der Waals surface area (Å²) in [7, 11) is 0. The van der Waals surface area contributed by atoms with Gasteiger partial charge in [0.15, 0.2) is 23.2 Å². The SMILES string of the molecule is CC(C)(C)OC(=O)NCCCCC(NC(=O)C1CCCC1)C(=O)COc1c(F)cccc1F. The number of unbranched alkanes of at least 4 members (excludes halogenated alkanes) is 1. The Morgan fingerprint density at radius 1 is 1.09 bits per heavy atom. The van der Waals surface area contributed by atoms with Crippen molar-refractivity contribution in [1.29, 1.82) is 0 Å². The maximum atomic E-state index is 13.8. The molecule has 2 rings (SSSR count). The summed E-state index contributed by atoms with van der Waals surface area (Å²) >= 11 is 0. The van der Waals surface area contributed by atoms with Crippen molar-refractivity contribution in [3.05, 3.63) is 29.8 Å². The Bertz CT molecular complexity index is 799. The average molecular weight is 469 g/mol. The quantitative estimate of drug-likeness (QED) is 0.473. The van der Waals surface area contributed by atoms with E-state index in [9.17, 15) is 23.2 Å². The molecule has 2 amide bonds. The number of ether oxygens (including phenoxy) is 2. The first-order valence-electron chi connectivity index (χ1n) is 11.4. The van der Waals surface area contributed by atoms with Crippen LogP contribution < -0.4 is 15.4 Å². The number of amides is 2. The molecule has 0 bridgehead atoms. The third-order valence-electron chi connectivity index (χ3n) is 5.30. The van der Waals surface area contributed by atoms with Gasteiger partial charge in [0.05, 0.1) is 6.04 Å². The van der Waals surface area contributed by atoms with Gasteiger partial charge in [-0.05, 0) is 65.0 Å². The fourth-order valence-electron chi connectivity index (χ4n) is 3.63. The summed E-state index contributed by atoms with van der Waals surface area (Å²) in [5.74, 6) is -3.20. The molecule has 9 heteroatoms. The van der Waals surface area contributed by atoms with Gasteiger partial charge in [0.1, 0.15) is 12.2 Å². The second-order valence-corrected chi connectivity index (χ2v) is 9.27. The first-order chi connectivity index (χ1) is 15.6. The van der Waals surface area contributed by atoms with Gasteiger partial charge in [-0.2, -0.15) is 0 Å². The van der Waals surface area contributed by atoms with Gasteiger partial charge in [-0.15, -0.1) is 0 Å². The highest BCUT2D eigenvalue weighted by Gasteiger charge is 2.28. The molecule has 2 N–H and O–H groups in total. The summed E-state index contributed by atoms with van der Waals surface area (Å²) in [5.41, 5.74) is -0.593. The van der Waals surface area contributed by atoms with Crippen molar-refractivity contribution in [2.24, 2.45) is 5.92 Å². The van der Waals surface area contributed by atoms with E-state index in [0.717, 1.165) is 37.8 Å². The monoisotopic (exact) mass is 468 g/mol. The number of benzene rings is 1. The number of hydrogen-bond acceptors (Lipinski definition) is 5. The van der Waals surface area contributed by atoms with Crippen LogP contribution in [-0.4, -0.2) is 42.6 Å². The van der Waals surface area contributed by atoms with E-state index in [4.69, 9.17) is 9.47 Å².